The van der Waals surface area contributed by atoms with Crippen LogP contribution in [0.3, 0.4) is 0 Å². The molecule has 0 unspecified atom stereocenters. The van der Waals surface area contributed by atoms with Crippen LogP contribution < -0.4 is 4.90 Å². The Morgan fingerprint density at radius 3 is 2.06 bits per heavy atom. The maximum Gasteiger partial charge on any atom is 0.234 e. The third kappa shape index (κ3) is 7.11. The number of piperidine rings is 2. The summed E-state index contributed by atoms with van der Waals surface area (Å²) in [6.07, 6.45) is 3.09. The molecule has 3 aliphatic rings. The molecule has 6 nitrogen and oxygen atoms in total. The summed E-state index contributed by atoms with van der Waals surface area (Å²) >= 11 is 0. The number of carbonyl (C=O) groups is 2. The summed E-state index contributed by atoms with van der Waals surface area (Å²) in [6.45, 7) is 18.2. The second-order valence-electron chi connectivity index (χ2n) is 11.5. The van der Waals surface area contributed by atoms with Gasteiger partial charge < -0.3 is 14.7 Å². The number of ketones is 1. The minimum Gasteiger partial charge on any atom is -0.312 e. The van der Waals surface area contributed by atoms with E-state index in [9.17, 15) is 9.59 Å². The molecule has 3 heterocycles. The normalized spacial score (nSPS) is 22.8. The van der Waals surface area contributed by atoms with E-state index in [1.54, 1.807) is 4.90 Å². The summed E-state index contributed by atoms with van der Waals surface area (Å²) < 4.78 is 0. The molecular formula is C27H42N4O2. The molecular weight excluding hydrogens is 412 g/mol. The predicted molar refractivity (Wildman–Crippen MR) is 133 cm³/mol. The SMILES string of the molecule is CC(C)(C)CN1CCN(CC2CCN(Cc3ccc(N4CCC(=O)CC4=O)cc3)CC2)CC1. The van der Waals surface area contributed by atoms with Gasteiger partial charge in [-0.3, -0.25) is 14.5 Å². The molecule has 3 fully saturated rings. The fourth-order valence-electron chi connectivity index (χ4n) is 5.52. The lowest BCUT2D eigenvalue weighted by Gasteiger charge is -2.40. The zero-order valence-electron chi connectivity index (χ0n) is 20.9. The van der Waals surface area contributed by atoms with E-state index in [0.29, 0.717) is 18.4 Å². The first-order valence-corrected chi connectivity index (χ1v) is 12.8. The highest BCUT2D eigenvalue weighted by atomic mass is 16.2. The van der Waals surface area contributed by atoms with Crippen molar-refractivity contribution in [2.45, 2.75) is 53.0 Å². The lowest BCUT2D eigenvalue weighted by Crippen LogP contribution is -2.50. The molecule has 33 heavy (non-hydrogen) atoms. The zero-order chi connectivity index (χ0) is 23.4. The summed E-state index contributed by atoms with van der Waals surface area (Å²) in [5.41, 5.74) is 2.60. The second kappa shape index (κ2) is 10.7. The highest BCUT2D eigenvalue weighted by Gasteiger charge is 2.26. The molecule has 0 aromatic heterocycles. The van der Waals surface area contributed by atoms with Crippen molar-refractivity contribution in [1.82, 2.24) is 14.7 Å². The van der Waals surface area contributed by atoms with Gasteiger partial charge in [0.05, 0.1) is 6.42 Å². The molecule has 3 saturated heterocycles. The highest BCUT2D eigenvalue weighted by molar-refractivity contribution is 6.08. The average Bonchev–Trinajstić information content (AvgIpc) is 2.76. The summed E-state index contributed by atoms with van der Waals surface area (Å²) in [6, 6.07) is 8.36. The van der Waals surface area contributed by atoms with E-state index >= 15 is 0 Å². The van der Waals surface area contributed by atoms with Gasteiger partial charge in [-0.1, -0.05) is 32.9 Å². The van der Waals surface area contributed by atoms with Crippen LogP contribution in [0.5, 0.6) is 0 Å². The molecule has 4 rings (SSSR count). The van der Waals surface area contributed by atoms with Crippen LogP contribution in [0.2, 0.25) is 0 Å². The smallest absolute Gasteiger partial charge is 0.234 e. The van der Waals surface area contributed by atoms with Gasteiger partial charge in [-0.15, -0.1) is 0 Å². The molecule has 0 radical (unpaired) electrons. The van der Waals surface area contributed by atoms with Crippen LogP contribution in [0.25, 0.3) is 0 Å². The van der Waals surface area contributed by atoms with Crippen LogP contribution in [0.1, 0.15) is 52.0 Å². The van der Waals surface area contributed by atoms with Crippen molar-refractivity contribution < 1.29 is 9.59 Å². The van der Waals surface area contributed by atoms with E-state index in [1.807, 2.05) is 12.1 Å². The van der Waals surface area contributed by atoms with Gasteiger partial charge in [-0.25, -0.2) is 0 Å². The first kappa shape index (κ1) is 24.4. The van der Waals surface area contributed by atoms with E-state index in [0.717, 1.165) is 18.2 Å². The van der Waals surface area contributed by atoms with E-state index in [2.05, 4.69) is 47.6 Å². The molecule has 1 aromatic rings. The molecule has 6 heteroatoms. The van der Waals surface area contributed by atoms with Crippen molar-refractivity contribution in [3.05, 3.63) is 29.8 Å². The number of likely N-dealkylation sites (tertiary alicyclic amines) is 1. The summed E-state index contributed by atoms with van der Waals surface area (Å²) in [5.74, 6) is 0.807. The second-order valence-corrected chi connectivity index (χ2v) is 11.5. The number of hydrogen-bond donors (Lipinski definition) is 0. The van der Waals surface area contributed by atoms with Gasteiger partial charge in [0, 0.05) is 64.5 Å². The van der Waals surface area contributed by atoms with E-state index in [4.69, 9.17) is 0 Å². The maximum absolute atomic E-state index is 12.1. The van der Waals surface area contributed by atoms with Gasteiger partial charge >= 0.3 is 0 Å². The Morgan fingerprint density at radius 1 is 0.818 bits per heavy atom. The molecule has 0 N–H and O–H groups in total. The van der Waals surface area contributed by atoms with E-state index in [-0.39, 0.29) is 18.1 Å². The van der Waals surface area contributed by atoms with Gasteiger partial charge in [0.2, 0.25) is 5.91 Å². The Kier molecular flexibility index (Phi) is 7.87. The molecule has 1 amide bonds. The van der Waals surface area contributed by atoms with Crippen molar-refractivity contribution in [3.63, 3.8) is 0 Å². The molecule has 0 spiro atoms. The van der Waals surface area contributed by atoms with Gasteiger partial charge in [0.1, 0.15) is 5.78 Å². The number of benzene rings is 1. The Morgan fingerprint density at radius 2 is 1.45 bits per heavy atom. The zero-order valence-corrected chi connectivity index (χ0v) is 20.9. The number of amides is 1. The molecule has 0 atom stereocenters. The lowest BCUT2D eigenvalue weighted by molar-refractivity contribution is -0.128. The van der Waals surface area contributed by atoms with Crippen molar-refractivity contribution >= 4 is 17.4 Å². The van der Waals surface area contributed by atoms with Crippen LogP contribution in [0.15, 0.2) is 24.3 Å². The molecule has 0 aliphatic carbocycles. The fraction of sp³-hybridized carbons (Fsp3) is 0.704. The van der Waals surface area contributed by atoms with Gasteiger partial charge in [0.25, 0.3) is 0 Å². The number of hydrogen-bond acceptors (Lipinski definition) is 5. The maximum atomic E-state index is 12.1. The third-order valence-electron chi connectivity index (χ3n) is 7.30. The fourth-order valence-corrected chi connectivity index (χ4v) is 5.52. The van der Waals surface area contributed by atoms with Crippen molar-refractivity contribution in [2.75, 3.05) is 63.8 Å². The van der Waals surface area contributed by atoms with Crippen molar-refractivity contribution in [3.8, 4) is 0 Å². The summed E-state index contributed by atoms with van der Waals surface area (Å²) in [4.78, 5) is 33.2. The minimum atomic E-state index is -0.0725. The number of anilines is 1. The van der Waals surface area contributed by atoms with Crippen molar-refractivity contribution in [2.24, 2.45) is 11.3 Å². The van der Waals surface area contributed by atoms with E-state index in [1.165, 1.54) is 70.8 Å². The van der Waals surface area contributed by atoms with Crippen molar-refractivity contribution in [1.29, 1.82) is 0 Å². The van der Waals surface area contributed by atoms with Crippen LogP contribution in [-0.4, -0.2) is 85.3 Å². The highest BCUT2D eigenvalue weighted by Crippen LogP contribution is 2.24. The standard InChI is InChI=1S/C27H42N4O2/c1-27(2,3)21-30-16-14-29(15-17-30)20-23-8-11-28(12-9-23)19-22-4-6-24(7-5-22)31-13-10-25(32)18-26(31)33/h4-7,23H,8-21H2,1-3H3. The average molecular weight is 455 g/mol. The molecule has 0 bridgehead atoms. The van der Waals surface area contributed by atoms with Gasteiger partial charge in [-0.05, 0) is 55.0 Å². The molecule has 1 aromatic carbocycles. The van der Waals surface area contributed by atoms with Crippen LogP contribution >= 0.6 is 0 Å². The monoisotopic (exact) mass is 454 g/mol. The first-order valence-electron chi connectivity index (χ1n) is 12.8. The first-order chi connectivity index (χ1) is 15.7. The Bertz CT molecular complexity index is 800. The lowest BCUT2D eigenvalue weighted by atomic mass is 9.94. The predicted octanol–water partition coefficient (Wildman–Crippen LogP) is 3.26. The number of carbonyl (C=O) groups excluding carboxylic acids is 2. The third-order valence-corrected chi connectivity index (χ3v) is 7.30. The number of piperazine rings is 1. The summed E-state index contributed by atoms with van der Waals surface area (Å²) in [7, 11) is 0. The largest absolute Gasteiger partial charge is 0.312 e. The Labute approximate surface area is 199 Å². The summed E-state index contributed by atoms with van der Waals surface area (Å²) in [5, 5.41) is 0. The topological polar surface area (TPSA) is 47.1 Å². The quantitative estimate of drug-likeness (QED) is 0.618. The van der Waals surface area contributed by atoms with Crippen LogP contribution in [0, 0.1) is 11.3 Å². The van der Waals surface area contributed by atoms with E-state index < -0.39 is 0 Å². The van der Waals surface area contributed by atoms with Gasteiger partial charge in [0.15, 0.2) is 0 Å². The molecule has 182 valence electrons. The number of nitrogens with zero attached hydrogens (tertiary/aromatic N) is 4. The van der Waals surface area contributed by atoms with Crippen LogP contribution in [0.4, 0.5) is 5.69 Å². The molecule has 0 saturated carbocycles. The van der Waals surface area contributed by atoms with Crippen LogP contribution in [-0.2, 0) is 16.1 Å². The molecule has 3 aliphatic heterocycles. The Balaban J connectivity index is 1.17. The number of rotatable bonds is 6. The van der Waals surface area contributed by atoms with Gasteiger partial charge in [-0.2, -0.15) is 0 Å². The number of Topliss-reactive ketones (excluding diaryl/α,β-unsaturated/α-hetero) is 1. The Hall–Kier alpha value is -1.76. The minimum absolute atomic E-state index is 0.0449.